The molecule has 0 saturated heterocycles. The molecule has 0 unspecified atom stereocenters. The quantitative estimate of drug-likeness (QED) is 0.791. The summed E-state index contributed by atoms with van der Waals surface area (Å²) in [6, 6.07) is 9.42. The van der Waals surface area contributed by atoms with Crippen molar-refractivity contribution in [3.8, 4) is 0 Å². The lowest BCUT2D eigenvalue weighted by atomic mass is 9.78. The van der Waals surface area contributed by atoms with Crippen LogP contribution in [-0.4, -0.2) is 17.5 Å². The molecule has 0 amide bonds. The fraction of sp³-hybridized carbons (Fsp3) is 0.417. The highest BCUT2D eigenvalue weighted by atomic mass is 16.3. The summed E-state index contributed by atoms with van der Waals surface area (Å²) in [5.41, 5.74) is 0.144. The minimum Gasteiger partial charge on any atom is -0.395 e. The number of aliphatic hydroxyl groups is 1. The summed E-state index contributed by atoms with van der Waals surface area (Å²) in [5.74, 6) is 0.0752. The van der Waals surface area contributed by atoms with Gasteiger partial charge < -0.3 is 5.11 Å². The first kappa shape index (κ1) is 10.9. The summed E-state index contributed by atoms with van der Waals surface area (Å²) in [6.07, 6.45) is 0.450. The molecule has 2 heteroatoms. The van der Waals surface area contributed by atoms with Gasteiger partial charge in [0.05, 0.1) is 12.0 Å². The van der Waals surface area contributed by atoms with Gasteiger partial charge >= 0.3 is 0 Å². The first-order chi connectivity index (χ1) is 6.65. The van der Waals surface area contributed by atoms with Crippen molar-refractivity contribution in [3.05, 3.63) is 35.9 Å². The van der Waals surface area contributed by atoms with E-state index in [0.717, 1.165) is 5.56 Å². The fourth-order valence-corrected chi connectivity index (χ4v) is 1.54. The SMILES string of the molecule is CCC(=O)[C@@](C)(CO)c1ccccc1. The van der Waals surface area contributed by atoms with Gasteiger partial charge in [-0.1, -0.05) is 37.3 Å². The molecule has 1 aromatic rings. The summed E-state index contributed by atoms with van der Waals surface area (Å²) >= 11 is 0. The highest BCUT2D eigenvalue weighted by Gasteiger charge is 2.32. The second-order valence-corrected chi connectivity index (χ2v) is 3.63. The number of Topliss-reactive ketones (excluding diaryl/α,β-unsaturated/α-hetero) is 1. The van der Waals surface area contributed by atoms with Crippen LogP contribution in [0.4, 0.5) is 0 Å². The Balaban J connectivity index is 3.08. The Bertz CT molecular complexity index is 305. The van der Waals surface area contributed by atoms with Gasteiger partial charge in [0.1, 0.15) is 5.78 Å². The maximum Gasteiger partial charge on any atom is 0.145 e. The van der Waals surface area contributed by atoms with Crippen LogP contribution < -0.4 is 0 Å². The predicted octanol–water partition coefficient (Wildman–Crippen LogP) is 1.92. The molecule has 0 radical (unpaired) electrons. The van der Waals surface area contributed by atoms with Crippen LogP contribution in [0.1, 0.15) is 25.8 Å². The third-order valence-corrected chi connectivity index (χ3v) is 2.66. The number of hydrogen-bond acceptors (Lipinski definition) is 2. The Kier molecular flexibility index (Phi) is 3.42. The molecule has 14 heavy (non-hydrogen) atoms. The van der Waals surface area contributed by atoms with Gasteiger partial charge in [-0.05, 0) is 12.5 Å². The first-order valence-electron chi connectivity index (χ1n) is 4.85. The molecule has 2 nitrogen and oxygen atoms in total. The maximum absolute atomic E-state index is 11.7. The maximum atomic E-state index is 11.7. The fourth-order valence-electron chi connectivity index (χ4n) is 1.54. The van der Waals surface area contributed by atoms with Crippen molar-refractivity contribution in [2.24, 2.45) is 0 Å². The molecule has 76 valence electrons. The monoisotopic (exact) mass is 192 g/mol. The van der Waals surface area contributed by atoms with Crippen molar-refractivity contribution in [1.29, 1.82) is 0 Å². The van der Waals surface area contributed by atoms with Gasteiger partial charge in [0.25, 0.3) is 0 Å². The Morgan fingerprint density at radius 2 is 1.93 bits per heavy atom. The zero-order valence-corrected chi connectivity index (χ0v) is 8.66. The van der Waals surface area contributed by atoms with E-state index in [0.29, 0.717) is 6.42 Å². The van der Waals surface area contributed by atoms with Crippen LogP contribution in [0.25, 0.3) is 0 Å². The second-order valence-electron chi connectivity index (χ2n) is 3.63. The lowest BCUT2D eigenvalue weighted by molar-refractivity contribution is -0.125. The Labute approximate surface area is 84.6 Å². The zero-order valence-electron chi connectivity index (χ0n) is 8.66. The zero-order chi connectivity index (χ0) is 10.6. The molecule has 0 aromatic heterocycles. The summed E-state index contributed by atoms with van der Waals surface area (Å²) in [4.78, 5) is 11.7. The van der Waals surface area contributed by atoms with Crippen molar-refractivity contribution >= 4 is 5.78 Å². The number of carbonyl (C=O) groups excluding carboxylic acids is 1. The summed E-state index contributed by atoms with van der Waals surface area (Å²) in [7, 11) is 0. The topological polar surface area (TPSA) is 37.3 Å². The predicted molar refractivity (Wildman–Crippen MR) is 56.2 cm³/mol. The number of carbonyl (C=O) groups is 1. The molecule has 0 fully saturated rings. The van der Waals surface area contributed by atoms with E-state index in [9.17, 15) is 9.90 Å². The van der Waals surface area contributed by atoms with Gasteiger partial charge in [-0.2, -0.15) is 0 Å². The van der Waals surface area contributed by atoms with Crippen molar-refractivity contribution in [2.75, 3.05) is 6.61 Å². The van der Waals surface area contributed by atoms with Crippen LogP contribution in [0.2, 0.25) is 0 Å². The molecule has 1 N–H and O–H groups in total. The van der Waals surface area contributed by atoms with Crippen LogP contribution in [0.3, 0.4) is 0 Å². The Hall–Kier alpha value is -1.15. The normalized spacial score (nSPS) is 14.8. The summed E-state index contributed by atoms with van der Waals surface area (Å²) in [5, 5.41) is 9.32. The smallest absolute Gasteiger partial charge is 0.145 e. The molecule has 0 aliphatic heterocycles. The summed E-state index contributed by atoms with van der Waals surface area (Å²) < 4.78 is 0. The molecule has 0 aliphatic carbocycles. The molecule has 0 aliphatic rings. The number of benzene rings is 1. The van der Waals surface area contributed by atoms with Crippen LogP contribution in [0.5, 0.6) is 0 Å². The van der Waals surface area contributed by atoms with Gasteiger partial charge in [-0.15, -0.1) is 0 Å². The van der Waals surface area contributed by atoms with Gasteiger partial charge in [-0.3, -0.25) is 4.79 Å². The van der Waals surface area contributed by atoms with Crippen molar-refractivity contribution in [3.63, 3.8) is 0 Å². The highest BCUT2D eigenvalue weighted by molar-refractivity contribution is 5.89. The number of rotatable bonds is 4. The largest absolute Gasteiger partial charge is 0.395 e. The van der Waals surface area contributed by atoms with E-state index >= 15 is 0 Å². The summed E-state index contributed by atoms with van der Waals surface area (Å²) in [6.45, 7) is 3.47. The number of aliphatic hydroxyl groups excluding tert-OH is 1. The average molecular weight is 192 g/mol. The lowest BCUT2D eigenvalue weighted by Gasteiger charge is -2.25. The standard InChI is InChI=1S/C12H16O2/c1-3-11(14)12(2,9-13)10-7-5-4-6-8-10/h4-8,13H,3,9H2,1-2H3/t12-/m0/s1. The number of ketones is 1. The molecular weight excluding hydrogens is 176 g/mol. The average Bonchev–Trinajstić information content (AvgIpc) is 2.28. The molecule has 1 atom stereocenters. The lowest BCUT2D eigenvalue weighted by Crippen LogP contribution is -2.35. The molecular formula is C12H16O2. The third-order valence-electron chi connectivity index (χ3n) is 2.66. The molecule has 1 rings (SSSR count). The van der Waals surface area contributed by atoms with Crippen LogP contribution >= 0.6 is 0 Å². The molecule has 1 aromatic carbocycles. The van der Waals surface area contributed by atoms with Gasteiger partial charge in [0.2, 0.25) is 0 Å². The third kappa shape index (κ3) is 1.85. The second kappa shape index (κ2) is 4.38. The molecule has 0 saturated carbocycles. The van der Waals surface area contributed by atoms with E-state index in [2.05, 4.69) is 0 Å². The van der Waals surface area contributed by atoms with E-state index in [1.165, 1.54) is 0 Å². The first-order valence-corrected chi connectivity index (χ1v) is 4.85. The van der Waals surface area contributed by atoms with E-state index in [1.807, 2.05) is 37.3 Å². The van der Waals surface area contributed by atoms with E-state index < -0.39 is 5.41 Å². The van der Waals surface area contributed by atoms with Crippen molar-refractivity contribution < 1.29 is 9.90 Å². The van der Waals surface area contributed by atoms with E-state index in [1.54, 1.807) is 6.92 Å². The van der Waals surface area contributed by atoms with Crippen LogP contribution in [0, 0.1) is 0 Å². The minimum absolute atomic E-state index is 0.0752. The van der Waals surface area contributed by atoms with Crippen molar-refractivity contribution in [2.45, 2.75) is 25.7 Å². The minimum atomic E-state index is -0.740. The van der Waals surface area contributed by atoms with Gasteiger partial charge in [0, 0.05) is 6.42 Å². The highest BCUT2D eigenvalue weighted by Crippen LogP contribution is 2.25. The Morgan fingerprint density at radius 1 is 1.36 bits per heavy atom. The van der Waals surface area contributed by atoms with Crippen molar-refractivity contribution in [1.82, 2.24) is 0 Å². The number of hydrogen-bond donors (Lipinski definition) is 1. The van der Waals surface area contributed by atoms with Crippen LogP contribution in [0.15, 0.2) is 30.3 Å². The van der Waals surface area contributed by atoms with Gasteiger partial charge in [0.15, 0.2) is 0 Å². The Morgan fingerprint density at radius 3 is 2.36 bits per heavy atom. The van der Waals surface area contributed by atoms with Crippen LogP contribution in [-0.2, 0) is 10.2 Å². The molecule has 0 bridgehead atoms. The molecule has 0 heterocycles. The van der Waals surface area contributed by atoms with E-state index in [4.69, 9.17) is 0 Å². The van der Waals surface area contributed by atoms with Gasteiger partial charge in [-0.25, -0.2) is 0 Å². The molecule has 0 spiro atoms. The van der Waals surface area contributed by atoms with E-state index in [-0.39, 0.29) is 12.4 Å².